The van der Waals surface area contributed by atoms with Gasteiger partial charge in [0.2, 0.25) is 0 Å². The molecule has 10 aromatic rings. The van der Waals surface area contributed by atoms with E-state index in [0.29, 0.717) is 5.82 Å². The third-order valence-electron chi connectivity index (χ3n) is 12.0. The standard InChI is InChI=1S/C55H38N2O/c1-55(33-11-20-52-53(55)47-18-9-10-19-51(47)58-52)43-31-29-37(30-32-43)36-21-25-39(26-22-36)49-35-50(57-54(56-49)41-12-3-2-4-13-41)40-27-23-38(24-28-40)48-34-42-14-5-6-15-44(42)45-16-7-8-17-46(45)48/h2-32,34-35H,33H2,1H3. The van der Waals surface area contributed by atoms with Crippen LogP contribution < -0.4 is 0 Å². The molecule has 0 saturated carbocycles. The van der Waals surface area contributed by atoms with Crippen molar-refractivity contribution in [2.75, 3.05) is 0 Å². The second-order valence-corrected chi connectivity index (χ2v) is 15.5. The van der Waals surface area contributed by atoms with Gasteiger partial charge in [0.05, 0.1) is 11.4 Å². The van der Waals surface area contributed by atoms with Crippen molar-refractivity contribution >= 4 is 38.6 Å². The van der Waals surface area contributed by atoms with Gasteiger partial charge in [-0.05, 0) is 80.1 Å². The number of rotatable bonds is 6. The van der Waals surface area contributed by atoms with E-state index in [0.717, 1.165) is 51.4 Å². The van der Waals surface area contributed by atoms with Gasteiger partial charge in [0.25, 0.3) is 0 Å². The molecule has 0 amide bonds. The van der Waals surface area contributed by atoms with E-state index in [2.05, 4.69) is 183 Å². The number of aromatic nitrogens is 2. The van der Waals surface area contributed by atoms with Crippen LogP contribution in [0.4, 0.5) is 0 Å². The van der Waals surface area contributed by atoms with E-state index in [1.165, 1.54) is 54.7 Å². The predicted octanol–water partition coefficient (Wildman–Crippen LogP) is 14.6. The quantitative estimate of drug-likeness (QED) is 0.159. The minimum absolute atomic E-state index is 0.175. The van der Waals surface area contributed by atoms with Gasteiger partial charge in [-0.2, -0.15) is 0 Å². The summed E-state index contributed by atoms with van der Waals surface area (Å²) in [5, 5.41) is 6.23. The molecule has 1 atom stereocenters. The molecule has 0 spiro atoms. The first kappa shape index (κ1) is 33.9. The summed E-state index contributed by atoms with van der Waals surface area (Å²) in [5.41, 5.74) is 12.9. The van der Waals surface area contributed by atoms with Crippen LogP contribution in [0.15, 0.2) is 199 Å². The lowest BCUT2D eigenvalue weighted by Gasteiger charge is -2.32. The average molecular weight is 743 g/mol. The van der Waals surface area contributed by atoms with Gasteiger partial charge >= 0.3 is 0 Å². The van der Waals surface area contributed by atoms with E-state index in [-0.39, 0.29) is 5.41 Å². The van der Waals surface area contributed by atoms with Crippen LogP contribution in [0.3, 0.4) is 0 Å². The lowest BCUT2D eigenvalue weighted by atomic mass is 9.70. The van der Waals surface area contributed by atoms with Crippen LogP contribution in [-0.2, 0) is 5.41 Å². The van der Waals surface area contributed by atoms with E-state index in [1.54, 1.807) is 0 Å². The molecule has 0 bridgehead atoms. The van der Waals surface area contributed by atoms with Crippen molar-refractivity contribution in [1.29, 1.82) is 0 Å². The highest BCUT2D eigenvalue weighted by atomic mass is 16.3. The van der Waals surface area contributed by atoms with Gasteiger partial charge in [-0.3, -0.25) is 0 Å². The van der Waals surface area contributed by atoms with Crippen LogP contribution in [0, 0.1) is 0 Å². The van der Waals surface area contributed by atoms with Crippen LogP contribution in [-0.4, -0.2) is 9.97 Å². The molecule has 274 valence electrons. The minimum Gasteiger partial charge on any atom is -0.456 e. The Balaban J connectivity index is 0.921. The van der Waals surface area contributed by atoms with E-state index in [9.17, 15) is 0 Å². The third kappa shape index (κ3) is 5.74. The summed E-state index contributed by atoms with van der Waals surface area (Å²) < 4.78 is 6.26. The van der Waals surface area contributed by atoms with Gasteiger partial charge in [-0.1, -0.05) is 183 Å². The Bertz CT molecular complexity index is 3180. The summed E-state index contributed by atoms with van der Waals surface area (Å²) in [4.78, 5) is 10.2. The topological polar surface area (TPSA) is 38.9 Å². The molecule has 11 rings (SSSR count). The van der Waals surface area contributed by atoms with Crippen LogP contribution in [0.1, 0.15) is 30.2 Å². The monoisotopic (exact) mass is 742 g/mol. The first-order valence-corrected chi connectivity index (χ1v) is 19.9. The normalized spacial score (nSPS) is 14.9. The third-order valence-corrected chi connectivity index (χ3v) is 12.0. The maximum Gasteiger partial charge on any atom is 0.160 e. The molecule has 0 aliphatic heterocycles. The molecule has 0 saturated heterocycles. The van der Waals surface area contributed by atoms with Crippen molar-refractivity contribution in [2.24, 2.45) is 0 Å². The highest BCUT2D eigenvalue weighted by molar-refractivity contribution is 6.13. The second kappa shape index (κ2) is 13.7. The average Bonchev–Trinajstić information content (AvgIpc) is 3.69. The van der Waals surface area contributed by atoms with Gasteiger partial charge in [-0.15, -0.1) is 0 Å². The van der Waals surface area contributed by atoms with Gasteiger partial charge in [0.1, 0.15) is 11.3 Å². The highest BCUT2D eigenvalue weighted by Gasteiger charge is 2.36. The molecule has 2 heterocycles. The molecule has 2 aromatic heterocycles. The summed E-state index contributed by atoms with van der Waals surface area (Å²) >= 11 is 0. The van der Waals surface area contributed by atoms with E-state index < -0.39 is 0 Å². The first-order chi connectivity index (χ1) is 28.6. The Morgan fingerprint density at radius 2 is 1.02 bits per heavy atom. The van der Waals surface area contributed by atoms with Gasteiger partial charge in [0, 0.05) is 33.1 Å². The smallest absolute Gasteiger partial charge is 0.160 e. The van der Waals surface area contributed by atoms with Crippen LogP contribution in [0.2, 0.25) is 0 Å². The Kier molecular flexibility index (Phi) is 8.01. The number of hydrogen-bond acceptors (Lipinski definition) is 3. The van der Waals surface area contributed by atoms with Gasteiger partial charge < -0.3 is 4.42 Å². The van der Waals surface area contributed by atoms with Gasteiger partial charge in [0.15, 0.2) is 5.82 Å². The van der Waals surface area contributed by atoms with Crippen LogP contribution in [0.5, 0.6) is 0 Å². The highest BCUT2D eigenvalue weighted by Crippen LogP contribution is 2.46. The molecule has 58 heavy (non-hydrogen) atoms. The summed E-state index contributed by atoms with van der Waals surface area (Å²) in [6.07, 6.45) is 5.29. The van der Waals surface area contributed by atoms with Crippen molar-refractivity contribution in [3.63, 3.8) is 0 Å². The van der Waals surface area contributed by atoms with Crippen LogP contribution >= 0.6 is 0 Å². The fourth-order valence-electron chi connectivity index (χ4n) is 8.95. The molecule has 8 aromatic carbocycles. The van der Waals surface area contributed by atoms with Crippen molar-refractivity contribution < 1.29 is 4.42 Å². The lowest BCUT2D eigenvalue weighted by Crippen LogP contribution is -2.25. The van der Waals surface area contributed by atoms with Crippen LogP contribution in [0.25, 0.3) is 94.7 Å². The molecular weight excluding hydrogens is 705 g/mol. The maximum atomic E-state index is 6.26. The van der Waals surface area contributed by atoms with Crippen molar-refractivity contribution in [3.8, 4) is 56.2 Å². The number of furan rings is 1. The maximum absolute atomic E-state index is 6.26. The molecule has 0 radical (unpaired) electrons. The van der Waals surface area contributed by atoms with Crippen molar-refractivity contribution in [3.05, 3.63) is 211 Å². The summed E-state index contributed by atoms with van der Waals surface area (Å²) in [6.45, 7) is 2.34. The fourth-order valence-corrected chi connectivity index (χ4v) is 8.95. The van der Waals surface area contributed by atoms with Crippen molar-refractivity contribution in [1.82, 2.24) is 9.97 Å². The van der Waals surface area contributed by atoms with Gasteiger partial charge in [-0.25, -0.2) is 9.97 Å². The zero-order chi connectivity index (χ0) is 38.6. The first-order valence-electron chi connectivity index (χ1n) is 19.9. The molecule has 1 aliphatic carbocycles. The number of allylic oxidation sites excluding steroid dienone is 1. The van der Waals surface area contributed by atoms with E-state index in [1.807, 2.05) is 24.3 Å². The Morgan fingerprint density at radius 1 is 0.466 bits per heavy atom. The molecule has 1 aliphatic rings. The largest absolute Gasteiger partial charge is 0.456 e. The van der Waals surface area contributed by atoms with E-state index >= 15 is 0 Å². The number of hydrogen-bond donors (Lipinski definition) is 0. The minimum atomic E-state index is -0.175. The molecular formula is C55H38N2O. The summed E-state index contributed by atoms with van der Waals surface area (Å²) in [6, 6.07) is 67.0. The molecule has 3 heteroatoms. The van der Waals surface area contributed by atoms with E-state index in [4.69, 9.17) is 14.4 Å². The SMILES string of the molecule is CC1(c2ccc(-c3ccc(-c4cc(-c5ccc(-c6cc7ccccc7c7ccccc67)cc5)nc(-c5ccccc5)n4)cc3)cc2)CC=Cc2oc3ccccc3c21. The zero-order valence-corrected chi connectivity index (χ0v) is 32.1. The predicted molar refractivity (Wildman–Crippen MR) is 241 cm³/mol. The summed E-state index contributed by atoms with van der Waals surface area (Å²) in [7, 11) is 0. The fraction of sp³-hybridized carbons (Fsp3) is 0.0545. The zero-order valence-electron chi connectivity index (χ0n) is 32.1. The molecule has 0 N–H and O–H groups in total. The second-order valence-electron chi connectivity index (χ2n) is 15.5. The molecule has 0 fully saturated rings. The van der Waals surface area contributed by atoms with Crippen molar-refractivity contribution in [2.45, 2.75) is 18.8 Å². The Labute approximate surface area is 337 Å². The number of nitrogens with zero attached hydrogens (tertiary/aromatic N) is 2. The number of fused-ring (bicyclic) bond motifs is 6. The molecule has 1 unspecified atom stereocenters. The Morgan fingerprint density at radius 3 is 1.72 bits per heavy atom. The number of para-hydroxylation sites is 1. The number of benzene rings is 8. The Hall–Kier alpha value is -7.36. The molecule has 3 nitrogen and oxygen atoms in total. The lowest BCUT2D eigenvalue weighted by molar-refractivity contribution is 0.535. The summed E-state index contributed by atoms with van der Waals surface area (Å²) in [5.74, 6) is 1.67.